The van der Waals surface area contributed by atoms with Crippen LogP contribution in [-0.2, 0) is 9.59 Å². The summed E-state index contributed by atoms with van der Waals surface area (Å²) in [4.78, 5) is 22.9. The summed E-state index contributed by atoms with van der Waals surface area (Å²) in [5.41, 5.74) is -0.470. The smallest absolute Gasteiger partial charge is 0.323 e. The number of rotatable bonds is 6. The number of carboxylic acids is 1. The van der Waals surface area contributed by atoms with E-state index in [1.807, 2.05) is 6.07 Å². The van der Waals surface area contributed by atoms with Crippen LogP contribution in [0.4, 0.5) is 5.69 Å². The van der Waals surface area contributed by atoms with E-state index < -0.39 is 11.5 Å². The Balaban J connectivity index is 2.62. The zero-order chi connectivity index (χ0) is 15.3. The van der Waals surface area contributed by atoms with E-state index in [1.54, 1.807) is 26.0 Å². The molecule has 1 aromatic carbocycles. The maximum absolute atomic E-state index is 11.8. The second-order valence-corrected chi connectivity index (χ2v) is 6.29. The first-order valence-electron chi connectivity index (χ1n) is 6.02. The quantitative estimate of drug-likeness (QED) is 0.677. The third-order valence-electron chi connectivity index (χ3n) is 3.02. The van der Waals surface area contributed by atoms with Crippen molar-refractivity contribution in [2.45, 2.75) is 25.8 Å². The standard InChI is InChI=1S/C13H16Br2N2O3/c1-3-13(2,12(19)20)16-7-11(18)17-10-5-4-8(14)6-9(10)15/h4-6,16H,3,7H2,1-2H3,(H,17,18)(H,19,20). The molecule has 0 fully saturated rings. The van der Waals surface area contributed by atoms with Gasteiger partial charge in [0.15, 0.2) is 0 Å². The summed E-state index contributed by atoms with van der Waals surface area (Å²) < 4.78 is 1.64. The highest BCUT2D eigenvalue weighted by Crippen LogP contribution is 2.26. The number of carbonyl (C=O) groups is 2. The van der Waals surface area contributed by atoms with Crippen molar-refractivity contribution in [3.8, 4) is 0 Å². The Hall–Kier alpha value is -0.920. The molecule has 1 rings (SSSR count). The van der Waals surface area contributed by atoms with E-state index >= 15 is 0 Å². The van der Waals surface area contributed by atoms with E-state index in [-0.39, 0.29) is 12.5 Å². The Morgan fingerprint density at radius 2 is 2.00 bits per heavy atom. The lowest BCUT2D eigenvalue weighted by atomic mass is 9.99. The average Bonchev–Trinajstić information content (AvgIpc) is 2.39. The highest BCUT2D eigenvalue weighted by atomic mass is 79.9. The predicted octanol–water partition coefficient (Wildman–Crippen LogP) is 2.99. The van der Waals surface area contributed by atoms with E-state index in [2.05, 4.69) is 42.5 Å². The first-order valence-corrected chi connectivity index (χ1v) is 7.60. The van der Waals surface area contributed by atoms with Crippen LogP contribution in [0.1, 0.15) is 20.3 Å². The van der Waals surface area contributed by atoms with Gasteiger partial charge >= 0.3 is 5.97 Å². The van der Waals surface area contributed by atoms with Crippen molar-refractivity contribution in [3.63, 3.8) is 0 Å². The van der Waals surface area contributed by atoms with Gasteiger partial charge in [-0.15, -0.1) is 0 Å². The van der Waals surface area contributed by atoms with Gasteiger partial charge in [-0.1, -0.05) is 22.9 Å². The molecule has 0 spiro atoms. The molecule has 110 valence electrons. The Morgan fingerprint density at radius 1 is 1.35 bits per heavy atom. The highest BCUT2D eigenvalue weighted by Gasteiger charge is 2.30. The molecule has 0 aromatic heterocycles. The Kier molecular flexibility index (Phi) is 6.16. The maximum Gasteiger partial charge on any atom is 0.323 e. The Bertz CT molecular complexity index is 522. The topological polar surface area (TPSA) is 78.4 Å². The molecule has 1 atom stereocenters. The van der Waals surface area contributed by atoms with Gasteiger partial charge in [-0.2, -0.15) is 0 Å². The van der Waals surface area contributed by atoms with Gasteiger partial charge in [0.2, 0.25) is 5.91 Å². The average molecular weight is 408 g/mol. The molecular weight excluding hydrogens is 392 g/mol. The van der Waals surface area contributed by atoms with Gasteiger partial charge in [-0.25, -0.2) is 0 Å². The van der Waals surface area contributed by atoms with Crippen LogP contribution in [-0.4, -0.2) is 29.1 Å². The molecule has 0 aliphatic heterocycles. The number of carboxylic acid groups (broad SMARTS) is 1. The zero-order valence-corrected chi connectivity index (χ0v) is 14.3. The third-order valence-corrected chi connectivity index (χ3v) is 4.17. The van der Waals surface area contributed by atoms with E-state index in [4.69, 9.17) is 5.11 Å². The number of benzene rings is 1. The van der Waals surface area contributed by atoms with E-state index in [1.165, 1.54) is 0 Å². The van der Waals surface area contributed by atoms with E-state index in [9.17, 15) is 9.59 Å². The van der Waals surface area contributed by atoms with Crippen molar-refractivity contribution in [2.24, 2.45) is 0 Å². The molecular formula is C13H16Br2N2O3. The summed E-state index contributed by atoms with van der Waals surface area (Å²) in [5.74, 6) is -1.27. The molecule has 0 saturated heterocycles. The second kappa shape index (κ2) is 7.19. The molecule has 0 saturated carbocycles. The number of carbonyl (C=O) groups excluding carboxylic acids is 1. The van der Waals surface area contributed by atoms with Gasteiger partial charge in [-0.3, -0.25) is 14.9 Å². The summed E-state index contributed by atoms with van der Waals surface area (Å²) in [6.07, 6.45) is 0.386. The van der Waals surface area contributed by atoms with E-state index in [0.29, 0.717) is 12.1 Å². The lowest BCUT2D eigenvalue weighted by molar-refractivity contribution is -0.144. The Morgan fingerprint density at radius 3 is 2.50 bits per heavy atom. The van der Waals surface area contributed by atoms with Crippen LogP contribution in [0.2, 0.25) is 0 Å². The zero-order valence-electron chi connectivity index (χ0n) is 11.2. The van der Waals surface area contributed by atoms with Crippen molar-refractivity contribution < 1.29 is 14.7 Å². The van der Waals surface area contributed by atoms with Crippen LogP contribution in [0.5, 0.6) is 0 Å². The van der Waals surface area contributed by atoms with Gasteiger partial charge in [0, 0.05) is 8.95 Å². The van der Waals surface area contributed by atoms with Gasteiger partial charge in [-0.05, 0) is 47.5 Å². The second-order valence-electron chi connectivity index (χ2n) is 4.52. The molecule has 0 aliphatic rings. The largest absolute Gasteiger partial charge is 0.480 e. The first-order chi connectivity index (χ1) is 9.28. The molecule has 1 amide bonds. The number of amides is 1. The number of anilines is 1. The van der Waals surface area contributed by atoms with Crippen LogP contribution in [0.3, 0.4) is 0 Å². The lowest BCUT2D eigenvalue weighted by Crippen LogP contribution is -2.51. The molecule has 1 unspecified atom stereocenters. The molecule has 1 aromatic rings. The molecule has 0 radical (unpaired) electrons. The third kappa shape index (κ3) is 4.57. The van der Waals surface area contributed by atoms with Gasteiger partial charge in [0.25, 0.3) is 0 Å². The maximum atomic E-state index is 11.8. The molecule has 0 aliphatic carbocycles. The lowest BCUT2D eigenvalue weighted by Gasteiger charge is -2.24. The monoisotopic (exact) mass is 406 g/mol. The van der Waals surface area contributed by atoms with Gasteiger partial charge in [0.1, 0.15) is 5.54 Å². The molecule has 0 bridgehead atoms. The molecule has 5 nitrogen and oxygen atoms in total. The van der Waals surface area contributed by atoms with Crippen molar-refractivity contribution in [2.75, 3.05) is 11.9 Å². The summed E-state index contributed by atoms with van der Waals surface area (Å²) in [6, 6.07) is 5.37. The number of aliphatic carboxylic acids is 1. The number of nitrogens with one attached hydrogen (secondary N) is 2. The summed E-state index contributed by atoms with van der Waals surface area (Å²) in [6.45, 7) is 3.24. The summed E-state index contributed by atoms with van der Waals surface area (Å²) >= 11 is 6.67. The minimum atomic E-state index is -1.10. The fourth-order valence-electron chi connectivity index (χ4n) is 1.41. The van der Waals surface area contributed by atoms with Crippen LogP contribution in [0.15, 0.2) is 27.1 Å². The Labute approximate surface area is 134 Å². The molecule has 20 heavy (non-hydrogen) atoms. The number of halogens is 2. The predicted molar refractivity (Wildman–Crippen MR) is 84.8 cm³/mol. The molecule has 7 heteroatoms. The van der Waals surface area contributed by atoms with Crippen molar-refractivity contribution in [1.82, 2.24) is 5.32 Å². The van der Waals surface area contributed by atoms with Gasteiger partial charge < -0.3 is 10.4 Å². The summed E-state index contributed by atoms with van der Waals surface area (Å²) in [7, 11) is 0. The van der Waals surface area contributed by atoms with Crippen LogP contribution >= 0.6 is 31.9 Å². The van der Waals surface area contributed by atoms with Crippen LogP contribution < -0.4 is 10.6 Å². The minimum absolute atomic E-state index is 0.0703. The number of hydrogen-bond acceptors (Lipinski definition) is 3. The van der Waals surface area contributed by atoms with Crippen molar-refractivity contribution in [1.29, 1.82) is 0 Å². The summed E-state index contributed by atoms with van der Waals surface area (Å²) in [5, 5.41) is 14.6. The fraction of sp³-hybridized carbons (Fsp3) is 0.385. The van der Waals surface area contributed by atoms with Gasteiger partial charge in [0.05, 0.1) is 12.2 Å². The van der Waals surface area contributed by atoms with Crippen LogP contribution in [0.25, 0.3) is 0 Å². The van der Waals surface area contributed by atoms with Crippen molar-refractivity contribution >= 4 is 49.4 Å². The highest BCUT2D eigenvalue weighted by molar-refractivity contribution is 9.11. The minimum Gasteiger partial charge on any atom is -0.480 e. The normalized spacial score (nSPS) is 13.6. The SMILES string of the molecule is CCC(C)(NCC(=O)Nc1ccc(Br)cc1Br)C(=O)O. The fourth-order valence-corrected chi connectivity index (χ4v) is 2.56. The first kappa shape index (κ1) is 17.1. The van der Waals surface area contributed by atoms with Crippen molar-refractivity contribution in [3.05, 3.63) is 27.1 Å². The molecule has 0 heterocycles. The number of hydrogen-bond donors (Lipinski definition) is 3. The van der Waals surface area contributed by atoms with E-state index in [0.717, 1.165) is 8.95 Å². The van der Waals surface area contributed by atoms with Crippen LogP contribution in [0, 0.1) is 0 Å². The molecule has 3 N–H and O–H groups in total.